The molecule has 1 N–H and O–H groups in total. The van der Waals surface area contributed by atoms with Crippen molar-refractivity contribution in [1.29, 1.82) is 0 Å². The summed E-state index contributed by atoms with van der Waals surface area (Å²) >= 11 is 0. The van der Waals surface area contributed by atoms with Crippen molar-refractivity contribution in [2.75, 3.05) is 13.2 Å². The molecule has 64 valence electrons. The summed E-state index contributed by atoms with van der Waals surface area (Å²) in [6.45, 7) is 0.764. The number of halogens is 2. The number of hydrogen-bond donors (Lipinski definition) is 1. The maximum absolute atomic E-state index is 12.0. The van der Waals surface area contributed by atoms with Crippen LogP contribution in [0.4, 0.5) is 8.78 Å². The third kappa shape index (κ3) is 1.37. The molecule has 1 saturated carbocycles. The molecule has 0 amide bonds. The minimum atomic E-state index is -2.35. The molecule has 2 nitrogen and oxygen atoms in total. The molecule has 2 aliphatic rings. The Morgan fingerprint density at radius 1 is 1.45 bits per heavy atom. The Hall–Kier alpha value is -0.220. The monoisotopic (exact) mass is 163 g/mol. The second kappa shape index (κ2) is 2.38. The van der Waals surface area contributed by atoms with E-state index in [2.05, 4.69) is 5.32 Å². The Morgan fingerprint density at radius 3 is 2.55 bits per heavy atom. The molecule has 1 aliphatic heterocycles. The highest BCUT2D eigenvalue weighted by Gasteiger charge is 2.47. The van der Waals surface area contributed by atoms with Crippen molar-refractivity contribution in [2.45, 2.75) is 30.9 Å². The number of rotatable bonds is 1. The molecule has 1 unspecified atom stereocenters. The second-order valence-electron chi connectivity index (χ2n) is 3.35. The smallest absolute Gasteiger partial charge is 0.265 e. The van der Waals surface area contributed by atoms with Crippen molar-refractivity contribution >= 4 is 0 Å². The zero-order valence-electron chi connectivity index (χ0n) is 6.15. The number of ether oxygens (including phenoxy) is 1. The molecule has 11 heavy (non-hydrogen) atoms. The van der Waals surface area contributed by atoms with E-state index in [1.165, 1.54) is 0 Å². The fourth-order valence-corrected chi connectivity index (χ4v) is 1.33. The second-order valence-corrected chi connectivity index (χ2v) is 3.35. The first kappa shape index (κ1) is 7.43. The van der Waals surface area contributed by atoms with Crippen LogP contribution < -0.4 is 5.32 Å². The Balaban J connectivity index is 1.84. The molecule has 1 saturated heterocycles. The van der Waals surface area contributed by atoms with E-state index in [-0.39, 0.29) is 5.54 Å². The molecular formula is C7H11F2NO. The summed E-state index contributed by atoms with van der Waals surface area (Å²) in [4.78, 5) is 0. The van der Waals surface area contributed by atoms with Crippen LogP contribution in [-0.4, -0.2) is 31.2 Å². The average molecular weight is 163 g/mol. The summed E-state index contributed by atoms with van der Waals surface area (Å²) < 4.78 is 29.1. The first-order valence-electron chi connectivity index (χ1n) is 3.87. The van der Waals surface area contributed by atoms with Gasteiger partial charge < -0.3 is 10.1 Å². The summed E-state index contributed by atoms with van der Waals surface area (Å²) in [6, 6.07) is 0. The van der Waals surface area contributed by atoms with Gasteiger partial charge in [-0.3, -0.25) is 0 Å². The van der Waals surface area contributed by atoms with Crippen molar-refractivity contribution in [3.8, 4) is 0 Å². The molecule has 0 aromatic heterocycles. The third-order valence-corrected chi connectivity index (χ3v) is 2.39. The fourth-order valence-electron chi connectivity index (χ4n) is 1.33. The summed E-state index contributed by atoms with van der Waals surface area (Å²) in [5.41, 5.74) is 0.0887. The zero-order chi connectivity index (χ0) is 7.90. The molecule has 2 rings (SSSR count). The molecule has 4 heteroatoms. The van der Waals surface area contributed by atoms with Crippen LogP contribution >= 0.6 is 0 Å². The first-order chi connectivity index (χ1) is 5.22. The molecule has 0 aromatic rings. The van der Waals surface area contributed by atoms with Crippen molar-refractivity contribution in [3.63, 3.8) is 0 Å². The van der Waals surface area contributed by atoms with Gasteiger partial charge in [-0.2, -0.15) is 0 Å². The van der Waals surface area contributed by atoms with Gasteiger partial charge in [-0.1, -0.05) is 0 Å². The van der Waals surface area contributed by atoms with Gasteiger partial charge in [-0.25, -0.2) is 8.78 Å². The molecule has 1 atom stereocenters. The van der Waals surface area contributed by atoms with Gasteiger partial charge in [0.05, 0.1) is 6.61 Å². The number of hydrogen-bond acceptors (Lipinski definition) is 2. The highest BCUT2D eigenvalue weighted by molar-refractivity contribution is 5.04. The number of alkyl halides is 2. The maximum atomic E-state index is 12.0. The molecule has 0 aromatic carbocycles. The largest absolute Gasteiger partial charge is 0.369 e. The summed E-state index contributed by atoms with van der Waals surface area (Å²) in [5.74, 6) is 0. The minimum Gasteiger partial charge on any atom is -0.369 e. The maximum Gasteiger partial charge on any atom is 0.265 e. The van der Waals surface area contributed by atoms with Crippen LogP contribution in [-0.2, 0) is 4.74 Å². The molecule has 0 radical (unpaired) electrons. The van der Waals surface area contributed by atoms with Gasteiger partial charge in [0.15, 0.2) is 0 Å². The summed E-state index contributed by atoms with van der Waals surface area (Å²) in [7, 11) is 0. The van der Waals surface area contributed by atoms with Crippen molar-refractivity contribution in [1.82, 2.24) is 5.32 Å². The Bertz CT molecular complexity index is 149. The standard InChI is InChI=1S/C7H11F2NO/c8-6(9)5-3-10-7(1-2-7)4-11-5/h5-6,10H,1-4H2. The summed E-state index contributed by atoms with van der Waals surface area (Å²) in [6.07, 6.45) is -1.09. The normalized spacial score (nSPS) is 34.6. The van der Waals surface area contributed by atoms with Crippen molar-refractivity contribution < 1.29 is 13.5 Å². The lowest BCUT2D eigenvalue weighted by Crippen LogP contribution is -2.50. The van der Waals surface area contributed by atoms with Crippen LogP contribution in [0.5, 0.6) is 0 Å². The third-order valence-electron chi connectivity index (χ3n) is 2.39. The molecule has 1 heterocycles. The lowest BCUT2D eigenvalue weighted by Gasteiger charge is -2.29. The van der Waals surface area contributed by atoms with Crippen molar-refractivity contribution in [3.05, 3.63) is 0 Å². The van der Waals surface area contributed by atoms with Gasteiger partial charge >= 0.3 is 0 Å². The van der Waals surface area contributed by atoms with Gasteiger partial charge in [0.2, 0.25) is 0 Å². The number of nitrogens with one attached hydrogen (secondary N) is 1. The highest BCUT2D eigenvalue weighted by atomic mass is 19.3. The van der Waals surface area contributed by atoms with E-state index >= 15 is 0 Å². The predicted molar refractivity (Wildman–Crippen MR) is 35.7 cm³/mol. The van der Waals surface area contributed by atoms with Gasteiger partial charge in [0.25, 0.3) is 6.43 Å². The quantitative estimate of drug-likeness (QED) is 0.616. The van der Waals surface area contributed by atoms with E-state index in [0.717, 1.165) is 12.8 Å². The van der Waals surface area contributed by atoms with Crippen LogP contribution in [0.1, 0.15) is 12.8 Å². The van der Waals surface area contributed by atoms with Crippen LogP contribution in [0.2, 0.25) is 0 Å². The van der Waals surface area contributed by atoms with E-state index in [0.29, 0.717) is 13.2 Å². The lowest BCUT2D eigenvalue weighted by molar-refractivity contribution is -0.0857. The lowest BCUT2D eigenvalue weighted by atomic mass is 10.2. The van der Waals surface area contributed by atoms with E-state index in [4.69, 9.17) is 4.74 Å². The van der Waals surface area contributed by atoms with E-state index in [9.17, 15) is 8.78 Å². The Morgan fingerprint density at radius 2 is 2.18 bits per heavy atom. The van der Waals surface area contributed by atoms with E-state index in [1.54, 1.807) is 0 Å². The van der Waals surface area contributed by atoms with Gasteiger partial charge in [-0.05, 0) is 12.8 Å². The van der Waals surface area contributed by atoms with Gasteiger partial charge in [0, 0.05) is 12.1 Å². The topological polar surface area (TPSA) is 21.3 Å². The zero-order valence-corrected chi connectivity index (χ0v) is 6.15. The van der Waals surface area contributed by atoms with Crippen LogP contribution in [0.25, 0.3) is 0 Å². The average Bonchev–Trinajstić information content (AvgIpc) is 2.70. The Labute approximate surface area is 63.9 Å². The van der Waals surface area contributed by atoms with E-state index in [1.807, 2.05) is 0 Å². The van der Waals surface area contributed by atoms with Crippen LogP contribution in [0.15, 0.2) is 0 Å². The van der Waals surface area contributed by atoms with Crippen LogP contribution in [0, 0.1) is 0 Å². The minimum absolute atomic E-state index is 0.0887. The predicted octanol–water partition coefficient (Wildman–Crippen LogP) is 0.772. The number of morpholine rings is 1. The van der Waals surface area contributed by atoms with E-state index < -0.39 is 12.5 Å². The fraction of sp³-hybridized carbons (Fsp3) is 1.00. The highest BCUT2D eigenvalue weighted by Crippen LogP contribution is 2.38. The molecular weight excluding hydrogens is 152 g/mol. The van der Waals surface area contributed by atoms with Crippen molar-refractivity contribution in [2.24, 2.45) is 0 Å². The molecule has 0 bridgehead atoms. The molecule has 1 aliphatic carbocycles. The first-order valence-corrected chi connectivity index (χ1v) is 3.87. The molecule has 1 spiro atoms. The van der Waals surface area contributed by atoms with Gasteiger partial charge in [-0.15, -0.1) is 0 Å². The van der Waals surface area contributed by atoms with Crippen LogP contribution in [0.3, 0.4) is 0 Å². The molecule has 2 fully saturated rings. The Kier molecular flexibility index (Phi) is 1.61. The summed E-state index contributed by atoms with van der Waals surface area (Å²) in [5, 5.41) is 3.10. The SMILES string of the molecule is FC(F)C1CNC2(CC2)CO1. The van der Waals surface area contributed by atoms with Gasteiger partial charge in [0.1, 0.15) is 6.10 Å².